The molecule has 0 heterocycles. The average Bonchev–Trinajstić information content (AvgIpc) is 1.96. The Kier molecular flexibility index (Phi) is 5.64. The largest absolute Gasteiger partial charge is 0.324 e. The van der Waals surface area contributed by atoms with Crippen molar-refractivity contribution >= 4 is 0 Å². The minimum Gasteiger partial charge on any atom is -0.324 e. The van der Waals surface area contributed by atoms with E-state index in [1.54, 1.807) is 0 Å². The summed E-state index contributed by atoms with van der Waals surface area (Å²) in [6, 6.07) is 0.567. The molecule has 1 atom stereocenters. The number of hydrogen-bond acceptors (Lipinski definition) is 3. The maximum atomic E-state index is 6.03. The molecule has 0 spiro atoms. The van der Waals surface area contributed by atoms with E-state index in [4.69, 9.17) is 5.73 Å². The third kappa shape index (κ3) is 6.35. The average molecular weight is 201 g/mol. The van der Waals surface area contributed by atoms with Gasteiger partial charge in [0.2, 0.25) is 0 Å². The third-order valence-electron chi connectivity index (χ3n) is 2.27. The van der Waals surface area contributed by atoms with E-state index in [2.05, 4.69) is 51.6 Å². The van der Waals surface area contributed by atoms with Crippen molar-refractivity contribution in [1.29, 1.82) is 0 Å². The van der Waals surface area contributed by atoms with Crippen molar-refractivity contribution in [3.63, 3.8) is 0 Å². The Balaban J connectivity index is 4.12. The topological polar surface area (TPSA) is 32.5 Å². The van der Waals surface area contributed by atoms with Crippen LogP contribution in [0.2, 0.25) is 0 Å². The van der Waals surface area contributed by atoms with Crippen molar-refractivity contribution in [2.45, 2.75) is 39.3 Å². The molecule has 3 nitrogen and oxygen atoms in total. The summed E-state index contributed by atoms with van der Waals surface area (Å²) in [5, 5.41) is 0. The number of hydrogen-bond donors (Lipinski definition) is 1. The highest BCUT2D eigenvalue weighted by molar-refractivity contribution is 4.80. The standard InChI is InChI=1S/C11H27N3/c1-7-14(9-11(3,4)12)10(2)8-13(5)6/h10H,7-9,12H2,1-6H3. The Morgan fingerprint density at radius 1 is 1.29 bits per heavy atom. The Morgan fingerprint density at radius 2 is 1.79 bits per heavy atom. The van der Waals surface area contributed by atoms with Crippen LogP contribution in [-0.4, -0.2) is 55.1 Å². The molecular weight excluding hydrogens is 174 g/mol. The van der Waals surface area contributed by atoms with Gasteiger partial charge in [-0.05, 0) is 41.4 Å². The van der Waals surface area contributed by atoms with Crippen LogP contribution in [0, 0.1) is 0 Å². The Bertz CT molecular complexity index is 149. The minimum atomic E-state index is -0.101. The molecule has 0 aromatic heterocycles. The molecule has 1 unspecified atom stereocenters. The van der Waals surface area contributed by atoms with E-state index < -0.39 is 0 Å². The van der Waals surface area contributed by atoms with Crippen molar-refractivity contribution in [3.8, 4) is 0 Å². The highest BCUT2D eigenvalue weighted by atomic mass is 15.2. The summed E-state index contributed by atoms with van der Waals surface area (Å²) in [6.45, 7) is 11.7. The molecule has 0 saturated carbocycles. The number of likely N-dealkylation sites (N-methyl/N-ethyl adjacent to an activating group) is 2. The summed E-state index contributed by atoms with van der Waals surface area (Å²) < 4.78 is 0. The molecule has 0 saturated heterocycles. The minimum absolute atomic E-state index is 0.101. The molecule has 0 rings (SSSR count). The van der Waals surface area contributed by atoms with E-state index in [0.29, 0.717) is 6.04 Å². The van der Waals surface area contributed by atoms with Crippen LogP contribution in [0.1, 0.15) is 27.7 Å². The van der Waals surface area contributed by atoms with Gasteiger partial charge in [0.15, 0.2) is 0 Å². The van der Waals surface area contributed by atoms with Crippen LogP contribution >= 0.6 is 0 Å². The summed E-state index contributed by atoms with van der Waals surface area (Å²) in [4.78, 5) is 4.65. The van der Waals surface area contributed by atoms with E-state index in [-0.39, 0.29) is 5.54 Å². The van der Waals surface area contributed by atoms with Crippen LogP contribution in [0.25, 0.3) is 0 Å². The first kappa shape index (κ1) is 13.9. The number of nitrogens with two attached hydrogens (primary N) is 1. The van der Waals surface area contributed by atoms with Crippen LogP contribution in [0.4, 0.5) is 0 Å². The monoisotopic (exact) mass is 201 g/mol. The lowest BCUT2D eigenvalue weighted by atomic mass is 10.1. The number of nitrogens with zero attached hydrogens (tertiary/aromatic N) is 2. The molecular formula is C11H27N3. The summed E-state index contributed by atoms with van der Waals surface area (Å²) in [5.74, 6) is 0. The fraction of sp³-hybridized carbons (Fsp3) is 1.00. The SMILES string of the molecule is CCN(CC(C)(C)N)C(C)CN(C)C. The zero-order valence-electron chi connectivity index (χ0n) is 10.7. The van der Waals surface area contributed by atoms with Crippen molar-refractivity contribution in [1.82, 2.24) is 9.80 Å². The Hall–Kier alpha value is -0.120. The molecule has 0 fully saturated rings. The molecule has 0 amide bonds. The van der Waals surface area contributed by atoms with Crippen LogP contribution in [0.5, 0.6) is 0 Å². The van der Waals surface area contributed by atoms with Gasteiger partial charge >= 0.3 is 0 Å². The van der Waals surface area contributed by atoms with Crippen molar-refractivity contribution < 1.29 is 0 Å². The van der Waals surface area contributed by atoms with Gasteiger partial charge in [0.05, 0.1) is 0 Å². The molecule has 0 aliphatic heterocycles. The van der Waals surface area contributed by atoms with Crippen LogP contribution in [-0.2, 0) is 0 Å². The summed E-state index contributed by atoms with van der Waals surface area (Å²) in [5.41, 5.74) is 5.92. The third-order valence-corrected chi connectivity index (χ3v) is 2.27. The zero-order valence-corrected chi connectivity index (χ0v) is 10.7. The van der Waals surface area contributed by atoms with Gasteiger partial charge in [0.25, 0.3) is 0 Å². The molecule has 2 N–H and O–H groups in total. The Labute approximate surface area is 89.2 Å². The van der Waals surface area contributed by atoms with Crippen LogP contribution in [0.3, 0.4) is 0 Å². The van der Waals surface area contributed by atoms with E-state index in [1.807, 2.05) is 0 Å². The van der Waals surface area contributed by atoms with Gasteiger partial charge < -0.3 is 10.6 Å². The molecule has 0 radical (unpaired) electrons. The second-order valence-electron chi connectivity index (χ2n) is 5.16. The molecule has 3 heteroatoms. The first-order valence-electron chi connectivity index (χ1n) is 5.44. The smallest absolute Gasteiger partial charge is 0.0226 e. The fourth-order valence-electron chi connectivity index (χ4n) is 1.75. The molecule has 0 aliphatic rings. The first-order valence-corrected chi connectivity index (χ1v) is 5.44. The quantitative estimate of drug-likeness (QED) is 0.696. The van der Waals surface area contributed by atoms with Gasteiger partial charge in [-0.25, -0.2) is 0 Å². The van der Waals surface area contributed by atoms with Gasteiger partial charge in [-0.2, -0.15) is 0 Å². The summed E-state index contributed by atoms with van der Waals surface area (Å²) in [6.07, 6.45) is 0. The normalized spacial score (nSPS) is 15.2. The van der Waals surface area contributed by atoms with Gasteiger partial charge in [0, 0.05) is 24.7 Å². The van der Waals surface area contributed by atoms with Gasteiger partial charge in [-0.1, -0.05) is 6.92 Å². The highest BCUT2D eigenvalue weighted by Crippen LogP contribution is 2.06. The molecule has 0 aromatic rings. The lowest BCUT2D eigenvalue weighted by molar-refractivity contribution is 0.154. The second kappa shape index (κ2) is 5.69. The van der Waals surface area contributed by atoms with E-state index in [9.17, 15) is 0 Å². The van der Waals surface area contributed by atoms with Crippen molar-refractivity contribution in [2.24, 2.45) is 5.73 Å². The number of rotatable bonds is 6. The lowest BCUT2D eigenvalue weighted by Crippen LogP contribution is -2.50. The Morgan fingerprint density at radius 3 is 2.07 bits per heavy atom. The lowest BCUT2D eigenvalue weighted by Gasteiger charge is -2.34. The second-order valence-corrected chi connectivity index (χ2v) is 5.16. The highest BCUT2D eigenvalue weighted by Gasteiger charge is 2.19. The molecule has 0 aliphatic carbocycles. The summed E-state index contributed by atoms with van der Waals surface area (Å²) in [7, 11) is 4.22. The van der Waals surface area contributed by atoms with Gasteiger partial charge in [0.1, 0.15) is 0 Å². The van der Waals surface area contributed by atoms with Gasteiger partial charge in [-0.15, -0.1) is 0 Å². The van der Waals surface area contributed by atoms with Crippen LogP contribution < -0.4 is 5.73 Å². The van der Waals surface area contributed by atoms with Gasteiger partial charge in [-0.3, -0.25) is 4.90 Å². The summed E-state index contributed by atoms with van der Waals surface area (Å²) >= 11 is 0. The molecule has 0 bridgehead atoms. The van der Waals surface area contributed by atoms with Crippen molar-refractivity contribution in [2.75, 3.05) is 33.7 Å². The predicted molar refractivity (Wildman–Crippen MR) is 63.5 cm³/mol. The van der Waals surface area contributed by atoms with Crippen molar-refractivity contribution in [3.05, 3.63) is 0 Å². The predicted octanol–water partition coefficient (Wildman–Crippen LogP) is 0.996. The van der Waals surface area contributed by atoms with Crippen LogP contribution in [0.15, 0.2) is 0 Å². The van der Waals surface area contributed by atoms with E-state index in [0.717, 1.165) is 19.6 Å². The zero-order chi connectivity index (χ0) is 11.4. The molecule has 86 valence electrons. The fourth-order valence-corrected chi connectivity index (χ4v) is 1.75. The van der Waals surface area contributed by atoms with E-state index in [1.165, 1.54) is 0 Å². The molecule has 14 heavy (non-hydrogen) atoms. The maximum Gasteiger partial charge on any atom is 0.0226 e. The van der Waals surface area contributed by atoms with E-state index >= 15 is 0 Å². The maximum absolute atomic E-state index is 6.03. The molecule has 0 aromatic carbocycles. The first-order chi connectivity index (χ1) is 6.26.